The van der Waals surface area contributed by atoms with Crippen molar-refractivity contribution in [3.05, 3.63) is 91.6 Å². The van der Waals surface area contributed by atoms with E-state index in [-0.39, 0.29) is 23.7 Å². The van der Waals surface area contributed by atoms with Crippen LogP contribution in [0.15, 0.2) is 68.0 Å². The van der Waals surface area contributed by atoms with E-state index in [2.05, 4.69) is 23.2 Å². The molecule has 0 fully saturated rings. The molecule has 4 nitrogen and oxygen atoms in total. The molecule has 0 atom stereocenters. The van der Waals surface area contributed by atoms with Gasteiger partial charge in [-0.25, -0.2) is 4.79 Å². The van der Waals surface area contributed by atoms with Gasteiger partial charge in [0.15, 0.2) is 0 Å². The summed E-state index contributed by atoms with van der Waals surface area (Å²) in [5.74, 6) is 0.00443. The maximum absolute atomic E-state index is 13.1. The number of aryl methyl sites for hydroxylation is 2. The van der Waals surface area contributed by atoms with Gasteiger partial charge in [-0.15, -0.1) is 0 Å². The van der Waals surface area contributed by atoms with Crippen LogP contribution in [0, 0.1) is 13.8 Å². The molecule has 1 aromatic heterocycles. The quantitative estimate of drug-likeness (QED) is 0.664. The van der Waals surface area contributed by atoms with E-state index in [1.54, 1.807) is 0 Å². The molecular formula is C22H24N2O2S. The van der Waals surface area contributed by atoms with E-state index in [4.69, 9.17) is 0 Å². The van der Waals surface area contributed by atoms with E-state index < -0.39 is 0 Å². The van der Waals surface area contributed by atoms with E-state index in [1.807, 2.05) is 58.0 Å². The zero-order chi connectivity index (χ0) is 19.6. The third kappa shape index (κ3) is 4.42. The minimum Gasteiger partial charge on any atom is -0.301 e. The Morgan fingerprint density at radius 3 is 2.22 bits per heavy atom. The number of hydrogen-bond donors (Lipinski definition) is 1. The van der Waals surface area contributed by atoms with Crippen LogP contribution in [-0.2, 0) is 6.54 Å². The van der Waals surface area contributed by atoms with Crippen LogP contribution in [0.5, 0.6) is 0 Å². The van der Waals surface area contributed by atoms with Crippen molar-refractivity contribution >= 4 is 11.8 Å². The second-order valence-electron chi connectivity index (χ2n) is 7.13. The second kappa shape index (κ2) is 8.01. The third-order valence-electron chi connectivity index (χ3n) is 4.36. The number of rotatable bonds is 5. The van der Waals surface area contributed by atoms with Crippen LogP contribution in [0.3, 0.4) is 0 Å². The Hall–Kier alpha value is -2.53. The molecule has 0 saturated carbocycles. The highest BCUT2D eigenvalue weighted by Gasteiger charge is 2.18. The number of aromatic nitrogens is 2. The average molecular weight is 381 g/mol. The number of aromatic amines is 1. The Bertz CT molecular complexity index is 1050. The van der Waals surface area contributed by atoms with Crippen LogP contribution in [-0.4, -0.2) is 9.55 Å². The molecular weight excluding hydrogens is 356 g/mol. The van der Waals surface area contributed by atoms with Crippen molar-refractivity contribution in [3.63, 3.8) is 0 Å². The molecule has 0 aliphatic carbocycles. The zero-order valence-corrected chi connectivity index (χ0v) is 16.9. The van der Waals surface area contributed by atoms with Gasteiger partial charge in [-0.05, 0) is 48.6 Å². The smallest absolute Gasteiger partial charge is 0.301 e. The number of benzene rings is 2. The van der Waals surface area contributed by atoms with Gasteiger partial charge >= 0.3 is 5.69 Å². The van der Waals surface area contributed by atoms with Crippen molar-refractivity contribution in [2.75, 3.05) is 0 Å². The first-order chi connectivity index (χ1) is 12.8. The van der Waals surface area contributed by atoms with E-state index >= 15 is 0 Å². The summed E-state index contributed by atoms with van der Waals surface area (Å²) < 4.78 is 1.29. The highest BCUT2D eigenvalue weighted by Crippen LogP contribution is 2.31. The number of H-pyrrole nitrogens is 1. The largest absolute Gasteiger partial charge is 0.329 e. The predicted molar refractivity (Wildman–Crippen MR) is 111 cm³/mol. The van der Waals surface area contributed by atoms with E-state index in [0.717, 1.165) is 21.6 Å². The van der Waals surface area contributed by atoms with Gasteiger partial charge in [0, 0.05) is 4.90 Å². The van der Waals surface area contributed by atoms with Crippen molar-refractivity contribution in [2.45, 2.75) is 50.1 Å². The summed E-state index contributed by atoms with van der Waals surface area (Å²) in [4.78, 5) is 29.7. The minimum atomic E-state index is -0.375. The number of nitrogens with zero attached hydrogens (tertiary/aromatic N) is 1. The molecule has 0 bridgehead atoms. The predicted octanol–water partition coefficient (Wildman–Crippen LogP) is 4.48. The molecule has 27 heavy (non-hydrogen) atoms. The highest BCUT2D eigenvalue weighted by atomic mass is 32.2. The summed E-state index contributed by atoms with van der Waals surface area (Å²) in [5.41, 5.74) is 3.29. The number of hydrogen-bond acceptors (Lipinski definition) is 3. The van der Waals surface area contributed by atoms with Crippen molar-refractivity contribution in [2.24, 2.45) is 0 Å². The summed E-state index contributed by atoms with van der Waals surface area (Å²) in [7, 11) is 0. The molecule has 5 heteroatoms. The van der Waals surface area contributed by atoms with Crippen molar-refractivity contribution in [1.29, 1.82) is 0 Å². The summed E-state index contributed by atoms with van der Waals surface area (Å²) in [5, 5.41) is 0.634. The maximum atomic E-state index is 13.1. The lowest BCUT2D eigenvalue weighted by molar-refractivity contribution is 0.644. The molecule has 0 amide bonds. The molecule has 1 heterocycles. The Balaban J connectivity index is 2.07. The van der Waals surface area contributed by atoms with Gasteiger partial charge in [0.25, 0.3) is 5.56 Å². The highest BCUT2D eigenvalue weighted by molar-refractivity contribution is 7.99. The van der Waals surface area contributed by atoms with Crippen LogP contribution in [0.2, 0.25) is 0 Å². The van der Waals surface area contributed by atoms with Gasteiger partial charge in [0.2, 0.25) is 0 Å². The van der Waals surface area contributed by atoms with E-state index in [0.29, 0.717) is 10.6 Å². The molecule has 140 valence electrons. The van der Waals surface area contributed by atoms with Gasteiger partial charge in [0.05, 0.1) is 17.1 Å². The molecule has 0 spiro atoms. The summed E-state index contributed by atoms with van der Waals surface area (Å²) in [6, 6.07) is 15.8. The first-order valence-electron chi connectivity index (χ1n) is 9.02. The molecule has 0 saturated heterocycles. The number of nitrogens with one attached hydrogen (secondary N) is 1. The molecule has 1 N–H and O–H groups in total. The van der Waals surface area contributed by atoms with Gasteiger partial charge in [-0.2, -0.15) is 0 Å². The van der Waals surface area contributed by atoms with Crippen LogP contribution in [0.1, 0.15) is 42.0 Å². The molecule has 2 aromatic carbocycles. The lowest BCUT2D eigenvalue weighted by Crippen LogP contribution is -2.38. The molecule has 3 aromatic rings. The fourth-order valence-corrected chi connectivity index (χ4v) is 4.47. The van der Waals surface area contributed by atoms with E-state index in [9.17, 15) is 9.59 Å². The van der Waals surface area contributed by atoms with Gasteiger partial charge in [-0.1, -0.05) is 62.0 Å². The molecule has 0 unspecified atom stereocenters. The summed E-state index contributed by atoms with van der Waals surface area (Å²) in [6.07, 6.45) is 0. The van der Waals surface area contributed by atoms with Crippen molar-refractivity contribution in [3.8, 4) is 0 Å². The lowest BCUT2D eigenvalue weighted by atomic mass is 10.1. The summed E-state index contributed by atoms with van der Waals surface area (Å²) >= 11 is 1.45. The average Bonchev–Trinajstić information content (AvgIpc) is 2.58. The van der Waals surface area contributed by atoms with Crippen LogP contribution in [0.25, 0.3) is 0 Å². The Labute approximate surface area is 163 Å². The fourth-order valence-electron chi connectivity index (χ4n) is 3.18. The van der Waals surface area contributed by atoms with Crippen molar-refractivity contribution < 1.29 is 0 Å². The van der Waals surface area contributed by atoms with Crippen LogP contribution in [0.4, 0.5) is 0 Å². The van der Waals surface area contributed by atoms with E-state index in [1.165, 1.54) is 16.3 Å². The first-order valence-corrected chi connectivity index (χ1v) is 9.84. The Morgan fingerprint density at radius 2 is 1.63 bits per heavy atom. The molecule has 0 radical (unpaired) electrons. The minimum absolute atomic E-state index is 0.00443. The molecule has 0 aliphatic rings. The first kappa shape index (κ1) is 19.2. The van der Waals surface area contributed by atoms with Gasteiger partial charge in [-0.3, -0.25) is 9.36 Å². The summed E-state index contributed by atoms with van der Waals surface area (Å²) in [6.45, 7) is 8.31. The van der Waals surface area contributed by atoms with Crippen molar-refractivity contribution in [1.82, 2.24) is 9.55 Å². The third-order valence-corrected chi connectivity index (χ3v) is 5.36. The second-order valence-corrected chi connectivity index (χ2v) is 8.21. The van der Waals surface area contributed by atoms with Gasteiger partial charge in [0.1, 0.15) is 0 Å². The van der Waals surface area contributed by atoms with Crippen LogP contribution < -0.4 is 11.2 Å². The Kier molecular flexibility index (Phi) is 5.71. The maximum Gasteiger partial charge on any atom is 0.329 e. The standard InChI is InChI=1S/C22H24N2O2S/c1-14(2)19-20(27-18-11-15(3)10-16(4)12-18)23-22(26)24(21(19)25)13-17-8-6-5-7-9-17/h5-12,14H,13H2,1-4H3,(H,23,26). The fraction of sp³-hybridized carbons (Fsp3) is 0.273. The SMILES string of the molecule is Cc1cc(C)cc(Sc2[nH]c(=O)n(Cc3ccccc3)c(=O)c2C(C)C)c1. The lowest BCUT2D eigenvalue weighted by Gasteiger charge is -2.15. The molecule has 3 rings (SSSR count). The normalized spacial score (nSPS) is 11.1. The van der Waals surface area contributed by atoms with Crippen LogP contribution >= 0.6 is 11.8 Å². The zero-order valence-electron chi connectivity index (χ0n) is 16.1. The Morgan fingerprint density at radius 1 is 1.00 bits per heavy atom. The van der Waals surface area contributed by atoms with Gasteiger partial charge < -0.3 is 4.98 Å². The monoisotopic (exact) mass is 380 g/mol. The molecule has 0 aliphatic heterocycles. The topological polar surface area (TPSA) is 54.9 Å².